The molecule has 0 radical (unpaired) electrons. The number of hydrogen-bond acceptors (Lipinski definition) is 5. The highest BCUT2D eigenvalue weighted by Gasteiger charge is 2.31. The summed E-state index contributed by atoms with van der Waals surface area (Å²) in [4.78, 5) is 15.0. The lowest BCUT2D eigenvalue weighted by Crippen LogP contribution is -2.30. The first-order valence-electron chi connectivity index (χ1n) is 8.13. The maximum atomic E-state index is 12.7. The molecule has 0 unspecified atom stereocenters. The van der Waals surface area contributed by atoms with Crippen LogP contribution in [0.3, 0.4) is 0 Å². The predicted molar refractivity (Wildman–Crippen MR) is 110 cm³/mol. The summed E-state index contributed by atoms with van der Waals surface area (Å²) in [7, 11) is 3.18. The molecule has 134 valence electrons. The zero-order valence-corrected chi connectivity index (χ0v) is 16.2. The molecular weight excluding hydrogens is 366 g/mol. The fraction of sp³-hybridized carbons (Fsp3) is 0.200. The molecule has 0 bridgehead atoms. The van der Waals surface area contributed by atoms with Crippen LogP contribution in [-0.2, 0) is 11.2 Å². The van der Waals surface area contributed by atoms with Crippen LogP contribution in [-0.4, -0.2) is 35.9 Å². The van der Waals surface area contributed by atoms with Crippen molar-refractivity contribution in [2.24, 2.45) is 0 Å². The molecule has 0 saturated carbocycles. The third kappa shape index (κ3) is 4.08. The summed E-state index contributed by atoms with van der Waals surface area (Å²) in [6.07, 6.45) is 2.61. The molecule has 3 rings (SSSR count). The Balaban J connectivity index is 1.74. The van der Waals surface area contributed by atoms with Gasteiger partial charge in [-0.25, -0.2) is 0 Å². The highest BCUT2D eigenvalue weighted by molar-refractivity contribution is 8.26. The SMILES string of the molecule is COc1ccc(C=C2SC(=S)N(CCc3ccccc3)C2=O)cc1OC. The van der Waals surface area contributed by atoms with E-state index in [0.29, 0.717) is 27.3 Å². The van der Waals surface area contributed by atoms with Crippen molar-refractivity contribution in [3.8, 4) is 11.5 Å². The van der Waals surface area contributed by atoms with E-state index >= 15 is 0 Å². The van der Waals surface area contributed by atoms with Crippen molar-refractivity contribution in [1.29, 1.82) is 0 Å². The summed E-state index contributed by atoms with van der Waals surface area (Å²) in [6.45, 7) is 0.581. The molecule has 0 aromatic heterocycles. The Morgan fingerprint density at radius 2 is 1.81 bits per heavy atom. The fourth-order valence-corrected chi connectivity index (χ4v) is 3.98. The Morgan fingerprint density at radius 1 is 1.08 bits per heavy atom. The van der Waals surface area contributed by atoms with Crippen LogP contribution in [0.4, 0.5) is 0 Å². The minimum Gasteiger partial charge on any atom is -0.493 e. The molecule has 26 heavy (non-hydrogen) atoms. The van der Waals surface area contributed by atoms with Crippen molar-refractivity contribution in [3.63, 3.8) is 0 Å². The van der Waals surface area contributed by atoms with E-state index in [1.165, 1.54) is 17.3 Å². The number of carbonyl (C=O) groups excluding carboxylic acids is 1. The third-order valence-electron chi connectivity index (χ3n) is 4.05. The normalized spacial score (nSPS) is 15.6. The topological polar surface area (TPSA) is 38.8 Å². The molecule has 1 amide bonds. The molecule has 6 heteroatoms. The first-order valence-corrected chi connectivity index (χ1v) is 9.36. The van der Waals surface area contributed by atoms with Crippen molar-refractivity contribution in [3.05, 3.63) is 64.6 Å². The third-order valence-corrected chi connectivity index (χ3v) is 5.42. The van der Waals surface area contributed by atoms with E-state index in [2.05, 4.69) is 12.1 Å². The van der Waals surface area contributed by atoms with E-state index < -0.39 is 0 Å². The zero-order chi connectivity index (χ0) is 18.5. The Hall–Kier alpha value is -2.31. The first-order chi connectivity index (χ1) is 12.6. The van der Waals surface area contributed by atoms with Crippen LogP contribution >= 0.6 is 24.0 Å². The number of amides is 1. The van der Waals surface area contributed by atoms with Crippen molar-refractivity contribution in [1.82, 2.24) is 4.90 Å². The van der Waals surface area contributed by atoms with Gasteiger partial charge in [0.15, 0.2) is 11.5 Å². The second kappa shape index (κ2) is 8.38. The Kier molecular flexibility index (Phi) is 5.96. The van der Waals surface area contributed by atoms with Crippen LogP contribution in [0.15, 0.2) is 53.4 Å². The summed E-state index contributed by atoms with van der Waals surface area (Å²) >= 11 is 6.73. The number of nitrogens with zero attached hydrogens (tertiary/aromatic N) is 1. The average Bonchev–Trinajstić information content (AvgIpc) is 2.93. The van der Waals surface area contributed by atoms with Gasteiger partial charge in [0.25, 0.3) is 5.91 Å². The van der Waals surface area contributed by atoms with Gasteiger partial charge in [-0.1, -0.05) is 60.4 Å². The van der Waals surface area contributed by atoms with Gasteiger partial charge < -0.3 is 9.47 Å². The van der Waals surface area contributed by atoms with E-state index in [1.54, 1.807) is 19.1 Å². The van der Waals surface area contributed by atoms with Gasteiger partial charge in [-0.3, -0.25) is 9.69 Å². The Bertz CT molecular complexity index is 849. The molecule has 1 heterocycles. The number of rotatable bonds is 6. The molecule has 1 saturated heterocycles. The van der Waals surface area contributed by atoms with Crippen LogP contribution < -0.4 is 9.47 Å². The maximum absolute atomic E-state index is 12.7. The molecule has 0 aliphatic carbocycles. The van der Waals surface area contributed by atoms with Crippen molar-refractivity contribution >= 4 is 40.3 Å². The van der Waals surface area contributed by atoms with Gasteiger partial charge in [0.1, 0.15) is 4.32 Å². The van der Waals surface area contributed by atoms with Crippen LogP contribution in [0.5, 0.6) is 11.5 Å². The van der Waals surface area contributed by atoms with Crippen molar-refractivity contribution in [2.45, 2.75) is 6.42 Å². The number of carbonyl (C=O) groups is 1. The van der Waals surface area contributed by atoms with Gasteiger partial charge in [0, 0.05) is 6.54 Å². The van der Waals surface area contributed by atoms with Gasteiger partial charge in [0.2, 0.25) is 0 Å². The summed E-state index contributed by atoms with van der Waals surface area (Å²) in [5, 5.41) is 0. The zero-order valence-electron chi connectivity index (χ0n) is 14.6. The van der Waals surface area contributed by atoms with Gasteiger partial charge in [-0.15, -0.1) is 0 Å². The van der Waals surface area contributed by atoms with Crippen molar-refractivity contribution < 1.29 is 14.3 Å². The lowest BCUT2D eigenvalue weighted by Gasteiger charge is -2.14. The van der Waals surface area contributed by atoms with E-state index in [0.717, 1.165) is 12.0 Å². The molecule has 4 nitrogen and oxygen atoms in total. The number of thiocarbonyl (C=S) groups is 1. The van der Waals surface area contributed by atoms with E-state index in [9.17, 15) is 4.79 Å². The molecule has 2 aromatic carbocycles. The molecule has 0 spiro atoms. The van der Waals surface area contributed by atoms with Crippen LogP contribution in [0.25, 0.3) is 6.08 Å². The maximum Gasteiger partial charge on any atom is 0.266 e. The smallest absolute Gasteiger partial charge is 0.266 e. The summed E-state index contributed by atoms with van der Waals surface area (Å²) in [5.41, 5.74) is 2.05. The summed E-state index contributed by atoms with van der Waals surface area (Å²) < 4.78 is 11.2. The second-order valence-electron chi connectivity index (χ2n) is 5.68. The highest BCUT2D eigenvalue weighted by Crippen LogP contribution is 2.34. The summed E-state index contributed by atoms with van der Waals surface area (Å²) in [6, 6.07) is 15.6. The van der Waals surface area contributed by atoms with Crippen molar-refractivity contribution in [2.75, 3.05) is 20.8 Å². The monoisotopic (exact) mass is 385 g/mol. The fourth-order valence-electron chi connectivity index (χ4n) is 2.67. The van der Waals surface area contributed by atoms with Crippen LogP contribution in [0, 0.1) is 0 Å². The molecule has 0 atom stereocenters. The van der Waals surface area contributed by atoms with Crippen LogP contribution in [0.1, 0.15) is 11.1 Å². The molecular formula is C20H19NO3S2. The predicted octanol–water partition coefficient (Wildman–Crippen LogP) is 4.15. The number of hydrogen-bond donors (Lipinski definition) is 0. The summed E-state index contributed by atoms with van der Waals surface area (Å²) in [5.74, 6) is 1.23. The van der Waals surface area contributed by atoms with E-state index in [1.807, 2.05) is 42.5 Å². The first kappa shape index (κ1) is 18.5. The Morgan fingerprint density at radius 3 is 2.50 bits per heavy atom. The molecule has 0 N–H and O–H groups in total. The molecule has 1 fully saturated rings. The highest BCUT2D eigenvalue weighted by atomic mass is 32.2. The molecule has 1 aliphatic rings. The lowest BCUT2D eigenvalue weighted by atomic mass is 10.1. The standard InChI is InChI=1S/C20H19NO3S2/c1-23-16-9-8-15(12-17(16)24-2)13-18-19(22)21(20(25)26-18)11-10-14-6-4-3-5-7-14/h3-9,12-13H,10-11H2,1-2H3. The van der Waals surface area contributed by atoms with Gasteiger partial charge in [-0.2, -0.15) is 0 Å². The Labute approximate surface area is 162 Å². The largest absolute Gasteiger partial charge is 0.493 e. The number of benzene rings is 2. The molecule has 1 aliphatic heterocycles. The number of methoxy groups -OCH3 is 2. The number of thioether (sulfide) groups is 1. The lowest BCUT2D eigenvalue weighted by molar-refractivity contribution is -0.122. The van der Waals surface area contributed by atoms with Gasteiger partial charge in [-0.05, 0) is 35.8 Å². The van der Waals surface area contributed by atoms with Gasteiger partial charge in [0.05, 0.1) is 19.1 Å². The second-order valence-corrected chi connectivity index (χ2v) is 7.36. The minimum atomic E-state index is -0.0503. The van der Waals surface area contributed by atoms with Gasteiger partial charge >= 0.3 is 0 Å². The average molecular weight is 386 g/mol. The number of ether oxygens (including phenoxy) is 2. The van der Waals surface area contributed by atoms with E-state index in [-0.39, 0.29) is 5.91 Å². The minimum absolute atomic E-state index is 0.0503. The van der Waals surface area contributed by atoms with E-state index in [4.69, 9.17) is 21.7 Å². The quantitative estimate of drug-likeness (QED) is 0.552. The van der Waals surface area contributed by atoms with Crippen LogP contribution in [0.2, 0.25) is 0 Å². The molecule has 2 aromatic rings.